The molecule has 1 N–H and O–H groups in total. The number of hydrogen-bond donors (Lipinski definition) is 1. The smallest absolute Gasteiger partial charge is 0.0826 e. The van der Waals surface area contributed by atoms with Crippen molar-refractivity contribution in [2.24, 2.45) is 5.92 Å². The fourth-order valence-electron chi connectivity index (χ4n) is 5.45. The summed E-state index contributed by atoms with van der Waals surface area (Å²) in [4.78, 5) is 0. The van der Waals surface area contributed by atoms with Crippen molar-refractivity contribution in [3.63, 3.8) is 0 Å². The highest BCUT2D eigenvalue weighted by Gasteiger charge is 2.39. The number of hydrogen-bond acceptors (Lipinski definition) is 1. The highest BCUT2D eigenvalue weighted by Crippen LogP contribution is 2.53. The van der Waals surface area contributed by atoms with E-state index in [-0.39, 0.29) is 6.04 Å². The highest BCUT2D eigenvalue weighted by atomic mass is 35.5. The van der Waals surface area contributed by atoms with Gasteiger partial charge in [-0.3, -0.25) is 0 Å². The molecule has 0 fully saturated rings. The second kappa shape index (κ2) is 5.77. The molecule has 0 saturated heterocycles. The molecular weight excluding hydrogens is 373 g/mol. The number of anilines is 1. The van der Waals surface area contributed by atoms with Crippen LogP contribution in [0.2, 0.25) is 10.0 Å². The molecule has 1 nitrogen and oxygen atoms in total. The van der Waals surface area contributed by atoms with Gasteiger partial charge < -0.3 is 5.32 Å². The molecule has 1 aliphatic heterocycles. The van der Waals surface area contributed by atoms with E-state index >= 15 is 0 Å². The Bertz CT molecular complexity index is 1120. The Hall–Kier alpha value is -1.96. The van der Waals surface area contributed by atoms with Gasteiger partial charge >= 0.3 is 0 Å². The predicted octanol–water partition coefficient (Wildman–Crippen LogP) is 7.07. The Morgan fingerprint density at radius 2 is 1.70 bits per heavy atom. The molecule has 0 radical (unpaired) electrons. The molecule has 134 valence electrons. The number of halogens is 2. The third kappa shape index (κ3) is 2.19. The second-order valence-electron chi connectivity index (χ2n) is 7.95. The van der Waals surface area contributed by atoms with Gasteiger partial charge in [0, 0.05) is 5.92 Å². The number of fused-ring (bicyclic) bond motifs is 3. The molecule has 0 unspecified atom stereocenters. The zero-order chi connectivity index (χ0) is 18.1. The fourth-order valence-corrected chi connectivity index (χ4v) is 5.84. The van der Waals surface area contributed by atoms with Gasteiger partial charge in [0.1, 0.15) is 0 Å². The Morgan fingerprint density at radius 3 is 2.59 bits per heavy atom. The molecule has 0 bridgehead atoms. The highest BCUT2D eigenvalue weighted by molar-refractivity contribution is 6.43. The van der Waals surface area contributed by atoms with Gasteiger partial charge in [-0.1, -0.05) is 71.8 Å². The van der Waals surface area contributed by atoms with Crippen molar-refractivity contribution in [3.8, 4) is 0 Å². The van der Waals surface area contributed by atoms with Crippen molar-refractivity contribution in [1.82, 2.24) is 0 Å². The number of allylic oxidation sites excluding steroid dienone is 2. The zero-order valence-corrected chi connectivity index (χ0v) is 16.3. The summed E-state index contributed by atoms with van der Waals surface area (Å²) in [7, 11) is 0. The molecule has 3 atom stereocenters. The lowest BCUT2D eigenvalue weighted by atomic mass is 9.76. The maximum absolute atomic E-state index is 6.61. The van der Waals surface area contributed by atoms with E-state index in [1.807, 2.05) is 6.07 Å². The molecular formula is C24H19Cl2N. The van der Waals surface area contributed by atoms with E-state index in [0.717, 1.165) is 24.9 Å². The van der Waals surface area contributed by atoms with Gasteiger partial charge in [-0.25, -0.2) is 0 Å². The van der Waals surface area contributed by atoms with Crippen LogP contribution in [-0.2, 0) is 12.8 Å². The second-order valence-corrected chi connectivity index (χ2v) is 8.74. The van der Waals surface area contributed by atoms with Crippen molar-refractivity contribution in [2.75, 3.05) is 5.32 Å². The first-order valence-corrected chi connectivity index (χ1v) is 10.4. The molecule has 27 heavy (non-hydrogen) atoms. The average molecular weight is 392 g/mol. The summed E-state index contributed by atoms with van der Waals surface area (Å²) in [5.41, 5.74) is 6.64. The first-order chi connectivity index (χ1) is 13.2. The quantitative estimate of drug-likeness (QED) is 0.437. The summed E-state index contributed by atoms with van der Waals surface area (Å²) in [6.07, 6.45) is 8.08. The van der Waals surface area contributed by atoms with E-state index in [9.17, 15) is 0 Å². The van der Waals surface area contributed by atoms with Crippen molar-refractivity contribution in [3.05, 3.63) is 86.9 Å². The van der Waals surface area contributed by atoms with Gasteiger partial charge in [0.15, 0.2) is 0 Å². The maximum Gasteiger partial charge on any atom is 0.0826 e. The molecule has 0 amide bonds. The standard InChI is InChI=1S/C24H19Cl2N/c25-20-12-11-18-15-4-2-6-17(15)23(27-24(18)22(20)26)19-10-9-14-8-7-13-3-1-5-16(19)21(13)14/h1-5,9-12,15,17,23,27H,6-8H2/t15-,17+,23-/m1/s1. The van der Waals surface area contributed by atoms with E-state index in [4.69, 9.17) is 23.2 Å². The van der Waals surface area contributed by atoms with Crippen LogP contribution in [0.1, 0.15) is 40.6 Å². The predicted molar refractivity (Wildman–Crippen MR) is 114 cm³/mol. The third-order valence-electron chi connectivity index (χ3n) is 6.67. The Balaban J connectivity index is 1.57. The molecule has 3 aromatic rings. The van der Waals surface area contributed by atoms with Crippen LogP contribution in [0.15, 0.2) is 54.6 Å². The Labute approximate surface area is 169 Å². The minimum absolute atomic E-state index is 0.235. The van der Waals surface area contributed by atoms with E-state index in [1.54, 1.807) is 0 Å². The number of aryl methyl sites for hydroxylation is 2. The lowest BCUT2D eigenvalue weighted by Crippen LogP contribution is -2.29. The molecule has 6 rings (SSSR count). The van der Waals surface area contributed by atoms with Crippen LogP contribution in [0, 0.1) is 5.92 Å². The van der Waals surface area contributed by atoms with Crippen molar-refractivity contribution < 1.29 is 0 Å². The van der Waals surface area contributed by atoms with Crippen molar-refractivity contribution in [1.29, 1.82) is 0 Å². The average Bonchev–Trinajstić information content (AvgIpc) is 3.33. The van der Waals surface area contributed by atoms with Crippen LogP contribution in [0.3, 0.4) is 0 Å². The number of benzene rings is 3. The Kier molecular flexibility index (Phi) is 3.43. The summed E-state index contributed by atoms with van der Waals surface area (Å²) in [5, 5.41) is 7.91. The van der Waals surface area contributed by atoms with Gasteiger partial charge in [-0.15, -0.1) is 0 Å². The minimum atomic E-state index is 0.235. The summed E-state index contributed by atoms with van der Waals surface area (Å²) in [6, 6.07) is 15.7. The lowest BCUT2D eigenvalue weighted by molar-refractivity contribution is 0.427. The minimum Gasteiger partial charge on any atom is -0.376 e. The molecule has 1 heterocycles. The topological polar surface area (TPSA) is 12.0 Å². The van der Waals surface area contributed by atoms with E-state index in [0.29, 0.717) is 21.9 Å². The molecule has 3 aromatic carbocycles. The summed E-state index contributed by atoms with van der Waals surface area (Å²) < 4.78 is 0. The van der Waals surface area contributed by atoms with E-state index < -0.39 is 0 Å². The Morgan fingerprint density at radius 1 is 0.889 bits per heavy atom. The molecule has 3 heteroatoms. The van der Waals surface area contributed by atoms with Crippen LogP contribution in [0.25, 0.3) is 10.8 Å². The van der Waals surface area contributed by atoms with Crippen LogP contribution in [0.4, 0.5) is 5.69 Å². The molecule has 0 saturated carbocycles. The maximum atomic E-state index is 6.61. The van der Waals surface area contributed by atoms with Gasteiger partial charge in [0.05, 0.1) is 21.8 Å². The van der Waals surface area contributed by atoms with E-state index in [2.05, 4.69) is 53.9 Å². The van der Waals surface area contributed by atoms with Crippen LogP contribution >= 0.6 is 23.2 Å². The van der Waals surface area contributed by atoms with Crippen LogP contribution < -0.4 is 5.32 Å². The number of rotatable bonds is 1. The third-order valence-corrected chi connectivity index (χ3v) is 7.48. The van der Waals surface area contributed by atoms with E-state index in [1.165, 1.54) is 33.0 Å². The molecule has 3 aliphatic rings. The summed E-state index contributed by atoms with van der Waals surface area (Å²) in [5.74, 6) is 0.900. The first-order valence-electron chi connectivity index (χ1n) is 9.67. The lowest BCUT2D eigenvalue weighted by Gasteiger charge is -2.38. The normalized spacial score (nSPS) is 24.7. The largest absolute Gasteiger partial charge is 0.376 e. The first kappa shape index (κ1) is 16.0. The SMILES string of the molecule is Clc1ccc2c(c1Cl)N[C@@H](c1ccc3c4c(cccc14)CC3)[C@H]1CC=C[C@@H]21. The van der Waals surface area contributed by atoms with Gasteiger partial charge in [0.25, 0.3) is 0 Å². The van der Waals surface area contributed by atoms with Crippen LogP contribution in [-0.4, -0.2) is 0 Å². The number of nitrogens with one attached hydrogen (secondary N) is 1. The van der Waals surface area contributed by atoms with Gasteiger partial charge in [-0.2, -0.15) is 0 Å². The van der Waals surface area contributed by atoms with Crippen molar-refractivity contribution >= 4 is 39.7 Å². The molecule has 2 aliphatic carbocycles. The summed E-state index contributed by atoms with van der Waals surface area (Å²) >= 11 is 13.0. The zero-order valence-electron chi connectivity index (χ0n) is 14.8. The van der Waals surface area contributed by atoms with Crippen LogP contribution in [0.5, 0.6) is 0 Å². The van der Waals surface area contributed by atoms with Gasteiger partial charge in [-0.05, 0) is 64.3 Å². The molecule has 0 aromatic heterocycles. The fraction of sp³-hybridized carbons (Fsp3) is 0.250. The molecule has 0 spiro atoms. The summed E-state index contributed by atoms with van der Waals surface area (Å²) in [6.45, 7) is 0. The van der Waals surface area contributed by atoms with Crippen molar-refractivity contribution in [2.45, 2.75) is 31.2 Å². The van der Waals surface area contributed by atoms with Gasteiger partial charge in [0.2, 0.25) is 0 Å². The monoisotopic (exact) mass is 391 g/mol.